The van der Waals surface area contributed by atoms with Gasteiger partial charge in [-0.15, -0.1) is 11.3 Å². The summed E-state index contributed by atoms with van der Waals surface area (Å²) < 4.78 is 4.96. The number of nitrogens with one attached hydrogen (secondary N) is 1. The normalized spacial score (nSPS) is 8.25. The van der Waals surface area contributed by atoms with E-state index in [1.807, 2.05) is 26.1 Å². The molecule has 0 aliphatic rings. The highest BCUT2D eigenvalue weighted by Gasteiger charge is 1.89. The fourth-order valence-corrected chi connectivity index (χ4v) is 2.16. The first-order valence-corrected chi connectivity index (χ1v) is 7.91. The van der Waals surface area contributed by atoms with Crippen molar-refractivity contribution in [1.29, 1.82) is 0 Å². The zero-order chi connectivity index (χ0) is 15.8. The van der Waals surface area contributed by atoms with Crippen LogP contribution >= 0.6 is 11.3 Å². The third kappa shape index (κ3) is 9.41. The number of furan rings is 1. The molecule has 0 atom stereocenters. The zero-order valence-electron chi connectivity index (χ0n) is 13.8. The molecule has 3 rings (SSSR count). The lowest BCUT2D eigenvalue weighted by atomic mass is 10.3. The van der Waals surface area contributed by atoms with Crippen LogP contribution in [-0.4, -0.2) is 4.98 Å². The standard InChI is InChI=1S/C6H9N.C6H8O.C6H8S.3CH4/c3*1-5-3-4-7-6(5)2;;;/h3-4,7H,1-2H3;2*3-4H,1-2H3;3*1H4. The van der Waals surface area contributed by atoms with E-state index in [1.165, 1.54) is 27.3 Å². The van der Waals surface area contributed by atoms with Gasteiger partial charge in [-0.3, -0.25) is 0 Å². The van der Waals surface area contributed by atoms with Crippen molar-refractivity contribution >= 4 is 11.3 Å². The summed E-state index contributed by atoms with van der Waals surface area (Å²) in [5.41, 5.74) is 5.23. The zero-order valence-corrected chi connectivity index (χ0v) is 14.6. The summed E-state index contributed by atoms with van der Waals surface area (Å²) in [5, 5.41) is 2.12. The summed E-state index contributed by atoms with van der Waals surface area (Å²) in [7, 11) is 0. The van der Waals surface area contributed by atoms with Gasteiger partial charge in [0.15, 0.2) is 0 Å². The third-order valence-electron chi connectivity index (χ3n) is 3.46. The van der Waals surface area contributed by atoms with Gasteiger partial charge in [0.25, 0.3) is 0 Å². The quantitative estimate of drug-likeness (QED) is 0.439. The SMILES string of the molecule is C.C.C.Cc1cc[nH]c1C.Cc1ccoc1C.Cc1ccsc1C. The first kappa shape index (κ1) is 27.1. The molecule has 1 N–H and O–H groups in total. The van der Waals surface area contributed by atoms with Gasteiger partial charge in [-0.05, 0) is 81.8 Å². The fourth-order valence-electron chi connectivity index (χ4n) is 1.43. The molecule has 138 valence electrons. The van der Waals surface area contributed by atoms with E-state index in [4.69, 9.17) is 4.42 Å². The number of thiophene rings is 1. The number of hydrogen-bond acceptors (Lipinski definition) is 2. The van der Waals surface area contributed by atoms with Gasteiger partial charge < -0.3 is 9.40 Å². The molecule has 0 saturated carbocycles. The van der Waals surface area contributed by atoms with Crippen molar-refractivity contribution in [2.75, 3.05) is 0 Å². The van der Waals surface area contributed by atoms with E-state index in [0.717, 1.165) is 5.76 Å². The predicted octanol–water partition coefficient (Wildman–Crippen LogP) is 7.80. The Kier molecular flexibility index (Phi) is 15.5. The van der Waals surface area contributed by atoms with Gasteiger partial charge in [0, 0.05) is 16.8 Å². The molecule has 0 bridgehead atoms. The smallest absolute Gasteiger partial charge is 0.103 e. The number of aryl methyl sites for hydroxylation is 6. The summed E-state index contributed by atoms with van der Waals surface area (Å²) in [6.45, 7) is 12.4. The molecule has 0 amide bonds. The van der Waals surface area contributed by atoms with Crippen molar-refractivity contribution in [3.05, 3.63) is 69.1 Å². The summed E-state index contributed by atoms with van der Waals surface area (Å²) in [6, 6.07) is 6.16. The van der Waals surface area contributed by atoms with Gasteiger partial charge in [-0.1, -0.05) is 22.3 Å². The Morgan fingerprint density at radius 3 is 1.54 bits per heavy atom. The Labute approximate surface area is 154 Å². The van der Waals surface area contributed by atoms with Crippen LogP contribution in [0.3, 0.4) is 0 Å². The molecule has 0 aliphatic carbocycles. The largest absolute Gasteiger partial charge is 0.469 e. The molecule has 3 aromatic heterocycles. The molecular weight excluding hydrogens is 314 g/mol. The molecular formula is C21H37NOS. The van der Waals surface area contributed by atoms with Gasteiger partial charge >= 0.3 is 0 Å². The van der Waals surface area contributed by atoms with Gasteiger partial charge in [0.2, 0.25) is 0 Å². The lowest BCUT2D eigenvalue weighted by Crippen LogP contribution is -1.69. The molecule has 0 aromatic carbocycles. The first-order chi connectivity index (χ1) is 9.91. The van der Waals surface area contributed by atoms with Gasteiger partial charge in [0.1, 0.15) is 5.76 Å². The van der Waals surface area contributed by atoms with Crippen LogP contribution in [0.15, 0.2) is 40.5 Å². The summed E-state index contributed by atoms with van der Waals surface area (Å²) in [6.07, 6.45) is 3.65. The van der Waals surface area contributed by atoms with Crippen molar-refractivity contribution < 1.29 is 4.42 Å². The van der Waals surface area contributed by atoms with Crippen molar-refractivity contribution in [3.63, 3.8) is 0 Å². The Balaban J connectivity index is -0.000000259. The van der Waals surface area contributed by atoms with Gasteiger partial charge in [0.05, 0.1) is 6.26 Å². The lowest BCUT2D eigenvalue weighted by Gasteiger charge is -1.81. The van der Waals surface area contributed by atoms with Crippen LogP contribution in [0.4, 0.5) is 0 Å². The predicted molar refractivity (Wildman–Crippen MR) is 112 cm³/mol. The maximum atomic E-state index is 4.96. The van der Waals surface area contributed by atoms with Crippen molar-refractivity contribution in [3.8, 4) is 0 Å². The van der Waals surface area contributed by atoms with Crippen LogP contribution in [-0.2, 0) is 0 Å². The minimum atomic E-state index is 0. The fraction of sp³-hybridized carbons (Fsp3) is 0.429. The second kappa shape index (κ2) is 13.7. The number of H-pyrrole nitrogens is 1. The molecule has 0 aliphatic heterocycles. The van der Waals surface area contributed by atoms with Crippen LogP contribution in [0, 0.1) is 41.5 Å². The minimum absolute atomic E-state index is 0. The Morgan fingerprint density at radius 2 is 1.42 bits per heavy atom. The Hall–Kier alpha value is -1.74. The average Bonchev–Trinajstić information content (AvgIpc) is 3.11. The van der Waals surface area contributed by atoms with Crippen molar-refractivity contribution in [2.24, 2.45) is 0 Å². The van der Waals surface area contributed by atoms with Crippen LogP contribution in [0.5, 0.6) is 0 Å². The number of aromatic amines is 1. The highest BCUT2D eigenvalue weighted by molar-refractivity contribution is 7.10. The van der Waals surface area contributed by atoms with Gasteiger partial charge in [-0.2, -0.15) is 0 Å². The maximum absolute atomic E-state index is 4.96. The number of rotatable bonds is 0. The van der Waals surface area contributed by atoms with Gasteiger partial charge in [-0.25, -0.2) is 0 Å². The molecule has 3 aromatic rings. The molecule has 2 nitrogen and oxygen atoms in total. The van der Waals surface area contributed by atoms with Crippen molar-refractivity contribution in [2.45, 2.75) is 63.8 Å². The minimum Gasteiger partial charge on any atom is -0.469 e. The number of hydrogen-bond donors (Lipinski definition) is 1. The molecule has 3 heteroatoms. The van der Waals surface area contributed by atoms with E-state index in [2.05, 4.69) is 50.2 Å². The Bertz CT molecular complexity index is 506. The lowest BCUT2D eigenvalue weighted by molar-refractivity contribution is 0.532. The van der Waals surface area contributed by atoms with E-state index in [-0.39, 0.29) is 22.3 Å². The highest BCUT2D eigenvalue weighted by Crippen LogP contribution is 2.12. The summed E-state index contributed by atoms with van der Waals surface area (Å²) >= 11 is 1.80. The second-order valence-electron chi connectivity index (χ2n) is 5.11. The maximum Gasteiger partial charge on any atom is 0.103 e. The molecule has 0 unspecified atom stereocenters. The van der Waals surface area contributed by atoms with E-state index < -0.39 is 0 Å². The average molecular weight is 352 g/mol. The van der Waals surface area contributed by atoms with E-state index >= 15 is 0 Å². The van der Waals surface area contributed by atoms with Crippen LogP contribution < -0.4 is 0 Å². The molecule has 0 fully saturated rings. The van der Waals surface area contributed by atoms with Crippen LogP contribution in [0.2, 0.25) is 0 Å². The van der Waals surface area contributed by atoms with Crippen LogP contribution in [0.1, 0.15) is 55.3 Å². The molecule has 3 heterocycles. The first-order valence-electron chi connectivity index (χ1n) is 7.03. The summed E-state index contributed by atoms with van der Waals surface area (Å²) in [5.74, 6) is 1.01. The molecule has 0 saturated heterocycles. The second-order valence-corrected chi connectivity index (χ2v) is 6.23. The van der Waals surface area contributed by atoms with Crippen molar-refractivity contribution in [1.82, 2.24) is 4.98 Å². The molecule has 0 spiro atoms. The van der Waals surface area contributed by atoms with E-state index in [0.29, 0.717) is 0 Å². The Morgan fingerprint density at radius 1 is 0.792 bits per heavy atom. The van der Waals surface area contributed by atoms with E-state index in [1.54, 1.807) is 17.6 Å². The van der Waals surface area contributed by atoms with E-state index in [9.17, 15) is 0 Å². The third-order valence-corrected chi connectivity index (χ3v) is 4.41. The summed E-state index contributed by atoms with van der Waals surface area (Å²) in [4.78, 5) is 4.50. The topological polar surface area (TPSA) is 28.9 Å². The molecule has 0 radical (unpaired) electrons. The monoisotopic (exact) mass is 351 g/mol. The highest BCUT2D eigenvalue weighted by atomic mass is 32.1. The number of aromatic nitrogens is 1. The van der Waals surface area contributed by atoms with Crippen LogP contribution in [0.25, 0.3) is 0 Å². The molecule has 24 heavy (non-hydrogen) atoms.